The van der Waals surface area contributed by atoms with E-state index in [0.29, 0.717) is 18.9 Å². The molecule has 1 unspecified atom stereocenters. The third kappa shape index (κ3) is 6.92. The molecule has 0 fully saturated rings. The Labute approximate surface area is 128 Å². The average Bonchev–Trinajstić information content (AvgIpc) is 2.36. The summed E-state index contributed by atoms with van der Waals surface area (Å²) in [5, 5.41) is 5.99. The molecule has 0 heterocycles. The van der Waals surface area contributed by atoms with Crippen molar-refractivity contribution < 1.29 is 4.79 Å². The Morgan fingerprint density at radius 1 is 1.15 bits per heavy atom. The van der Waals surface area contributed by atoms with Crippen molar-refractivity contribution in [3.8, 4) is 0 Å². The summed E-state index contributed by atoms with van der Waals surface area (Å²) in [6, 6.07) is 8.61. The molecule has 1 rings (SSSR count). The van der Waals surface area contributed by atoms with Crippen LogP contribution in [0.5, 0.6) is 0 Å². The van der Waals surface area contributed by atoms with E-state index in [-0.39, 0.29) is 24.4 Å². The Bertz CT molecular complexity index is 390. The van der Waals surface area contributed by atoms with Crippen LogP contribution in [0.4, 0.5) is 0 Å². The number of hydrogen-bond acceptors (Lipinski definition) is 2. The van der Waals surface area contributed by atoms with Crippen LogP contribution in [0.2, 0.25) is 0 Å². The molecule has 0 spiro atoms. The van der Waals surface area contributed by atoms with Crippen LogP contribution in [0.1, 0.15) is 44.4 Å². The van der Waals surface area contributed by atoms with E-state index in [1.165, 1.54) is 5.56 Å². The van der Waals surface area contributed by atoms with Crippen LogP contribution in [0.25, 0.3) is 0 Å². The fourth-order valence-electron chi connectivity index (χ4n) is 2.05. The molecule has 3 nitrogen and oxygen atoms in total. The lowest BCUT2D eigenvalue weighted by Gasteiger charge is -2.15. The summed E-state index contributed by atoms with van der Waals surface area (Å²) in [6.07, 6.45) is 1.62. The van der Waals surface area contributed by atoms with Gasteiger partial charge in [0.2, 0.25) is 5.91 Å². The van der Waals surface area contributed by atoms with Crippen LogP contribution in [0, 0.1) is 5.92 Å². The molecular weight excluding hydrogens is 272 g/mol. The average molecular weight is 299 g/mol. The zero-order valence-corrected chi connectivity index (χ0v) is 13.7. The zero-order chi connectivity index (χ0) is 14.3. The first-order valence-corrected chi connectivity index (χ1v) is 7.05. The Hall–Kier alpha value is -1.06. The number of nitrogens with one attached hydrogen (secondary N) is 2. The largest absolute Gasteiger partial charge is 0.350 e. The first kappa shape index (κ1) is 18.9. The van der Waals surface area contributed by atoms with Crippen molar-refractivity contribution in [3.63, 3.8) is 0 Å². The summed E-state index contributed by atoms with van der Waals surface area (Å²) in [5.41, 5.74) is 2.51. The molecule has 20 heavy (non-hydrogen) atoms. The Kier molecular flexibility index (Phi) is 9.26. The summed E-state index contributed by atoms with van der Waals surface area (Å²) in [6.45, 7) is 7.18. The van der Waals surface area contributed by atoms with Gasteiger partial charge in [-0.25, -0.2) is 0 Å². The highest BCUT2D eigenvalue weighted by molar-refractivity contribution is 5.85. The van der Waals surface area contributed by atoms with Gasteiger partial charge >= 0.3 is 0 Å². The molecule has 0 aliphatic heterocycles. The summed E-state index contributed by atoms with van der Waals surface area (Å²) >= 11 is 0. The predicted molar refractivity (Wildman–Crippen MR) is 87.3 cm³/mol. The van der Waals surface area contributed by atoms with Gasteiger partial charge in [0.05, 0.1) is 6.04 Å². The fourth-order valence-corrected chi connectivity index (χ4v) is 2.05. The highest BCUT2D eigenvalue weighted by Gasteiger charge is 2.09. The van der Waals surface area contributed by atoms with Crippen molar-refractivity contribution in [2.45, 2.75) is 39.7 Å². The standard InChI is InChI=1S/C16H26N2O.ClH/c1-12(2)11-14-5-7-15(8-6-14)13(3)18-16(19)9-10-17-4;/h5-8,12-13,17H,9-11H2,1-4H3,(H,18,19);1H. The van der Waals surface area contributed by atoms with Crippen LogP contribution in [-0.2, 0) is 11.2 Å². The molecule has 1 aromatic rings. The molecule has 0 aliphatic carbocycles. The van der Waals surface area contributed by atoms with E-state index >= 15 is 0 Å². The first-order chi connectivity index (χ1) is 9.02. The lowest BCUT2D eigenvalue weighted by molar-refractivity contribution is -0.121. The molecule has 0 bridgehead atoms. The predicted octanol–water partition coefficient (Wildman–Crippen LogP) is 3.09. The van der Waals surface area contributed by atoms with Gasteiger partial charge in [-0.1, -0.05) is 38.1 Å². The second-order valence-corrected chi connectivity index (χ2v) is 5.48. The topological polar surface area (TPSA) is 41.1 Å². The molecule has 114 valence electrons. The summed E-state index contributed by atoms with van der Waals surface area (Å²) in [5.74, 6) is 0.762. The van der Waals surface area contributed by atoms with E-state index in [1.807, 2.05) is 14.0 Å². The maximum Gasteiger partial charge on any atom is 0.221 e. The molecule has 1 atom stereocenters. The van der Waals surface area contributed by atoms with Crippen molar-refractivity contribution in [1.29, 1.82) is 0 Å². The molecule has 0 radical (unpaired) electrons. The van der Waals surface area contributed by atoms with Crippen LogP contribution in [0.15, 0.2) is 24.3 Å². The van der Waals surface area contributed by atoms with Gasteiger partial charge in [0.15, 0.2) is 0 Å². The summed E-state index contributed by atoms with van der Waals surface area (Å²) in [7, 11) is 1.85. The number of benzene rings is 1. The van der Waals surface area contributed by atoms with Gasteiger partial charge in [-0.05, 0) is 37.4 Å². The maximum absolute atomic E-state index is 11.6. The van der Waals surface area contributed by atoms with Crippen LogP contribution in [0.3, 0.4) is 0 Å². The summed E-state index contributed by atoms with van der Waals surface area (Å²) in [4.78, 5) is 11.6. The second kappa shape index (κ2) is 9.78. The molecule has 4 heteroatoms. The number of rotatable bonds is 7. The number of carbonyl (C=O) groups is 1. The first-order valence-electron chi connectivity index (χ1n) is 7.05. The highest BCUT2D eigenvalue weighted by atomic mass is 35.5. The zero-order valence-electron chi connectivity index (χ0n) is 12.9. The molecule has 0 aliphatic rings. The minimum atomic E-state index is 0. The van der Waals surface area contributed by atoms with Crippen molar-refractivity contribution in [2.24, 2.45) is 5.92 Å². The van der Waals surface area contributed by atoms with Crippen LogP contribution in [-0.4, -0.2) is 19.5 Å². The molecular formula is C16H27ClN2O. The van der Waals surface area contributed by atoms with Crippen molar-refractivity contribution >= 4 is 18.3 Å². The van der Waals surface area contributed by atoms with Gasteiger partial charge in [-0.3, -0.25) is 4.79 Å². The fraction of sp³-hybridized carbons (Fsp3) is 0.562. The molecule has 0 saturated heterocycles. The van der Waals surface area contributed by atoms with E-state index in [0.717, 1.165) is 12.0 Å². The summed E-state index contributed by atoms with van der Waals surface area (Å²) < 4.78 is 0. The molecule has 2 N–H and O–H groups in total. The number of halogens is 1. The Morgan fingerprint density at radius 3 is 2.25 bits per heavy atom. The van der Waals surface area contributed by atoms with Gasteiger partial charge in [0, 0.05) is 13.0 Å². The lowest BCUT2D eigenvalue weighted by atomic mass is 10.00. The number of carbonyl (C=O) groups excluding carboxylic acids is 1. The lowest BCUT2D eigenvalue weighted by Crippen LogP contribution is -2.29. The quantitative estimate of drug-likeness (QED) is 0.812. The van der Waals surface area contributed by atoms with Gasteiger partial charge in [-0.15, -0.1) is 12.4 Å². The minimum Gasteiger partial charge on any atom is -0.350 e. The molecule has 0 saturated carbocycles. The minimum absolute atomic E-state index is 0. The van der Waals surface area contributed by atoms with E-state index in [2.05, 4.69) is 48.7 Å². The van der Waals surface area contributed by atoms with Crippen molar-refractivity contribution in [1.82, 2.24) is 10.6 Å². The van der Waals surface area contributed by atoms with Crippen LogP contribution >= 0.6 is 12.4 Å². The van der Waals surface area contributed by atoms with Gasteiger partial charge in [-0.2, -0.15) is 0 Å². The number of hydrogen-bond donors (Lipinski definition) is 2. The monoisotopic (exact) mass is 298 g/mol. The van der Waals surface area contributed by atoms with Crippen molar-refractivity contribution in [3.05, 3.63) is 35.4 Å². The van der Waals surface area contributed by atoms with Gasteiger partial charge in [0.25, 0.3) is 0 Å². The Morgan fingerprint density at radius 2 is 1.75 bits per heavy atom. The normalized spacial score (nSPS) is 11.8. The number of amides is 1. The molecule has 0 aromatic heterocycles. The van der Waals surface area contributed by atoms with E-state index < -0.39 is 0 Å². The molecule has 1 amide bonds. The Balaban J connectivity index is 0.00000361. The highest BCUT2D eigenvalue weighted by Crippen LogP contribution is 2.15. The van der Waals surface area contributed by atoms with E-state index in [4.69, 9.17) is 0 Å². The SMILES string of the molecule is CNCCC(=O)NC(C)c1ccc(CC(C)C)cc1.Cl. The van der Waals surface area contributed by atoms with Gasteiger partial charge in [0.1, 0.15) is 0 Å². The van der Waals surface area contributed by atoms with E-state index in [9.17, 15) is 4.79 Å². The third-order valence-electron chi connectivity index (χ3n) is 3.10. The van der Waals surface area contributed by atoms with E-state index in [1.54, 1.807) is 0 Å². The maximum atomic E-state index is 11.6. The second-order valence-electron chi connectivity index (χ2n) is 5.48. The van der Waals surface area contributed by atoms with Crippen LogP contribution < -0.4 is 10.6 Å². The third-order valence-corrected chi connectivity index (χ3v) is 3.10. The molecule has 1 aromatic carbocycles. The van der Waals surface area contributed by atoms with Crippen molar-refractivity contribution in [2.75, 3.05) is 13.6 Å². The smallest absolute Gasteiger partial charge is 0.221 e. The van der Waals surface area contributed by atoms with Gasteiger partial charge < -0.3 is 10.6 Å².